The van der Waals surface area contributed by atoms with E-state index < -0.39 is 0 Å². The van der Waals surface area contributed by atoms with Crippen molar-refractivity contribution in [2.45, 2.75) is 12.6 Å². The van der Waals surface area contributed by atoms with E-state index in [1.165, 1.54) is 13.2 Å². The molecule has 0 saturated carbocycles. The summed E-state index contributed by atoms with van der Waals surface area (Å²) in [6, 6.07) is 8.94. The van der Waals surface area contributed by atoms with Crippen molar-refractivity contribution < 1.29 is 14.3 Å². The highest BCUT2D eigenvalue weighted by Crippen LogP contribution is 2.28. The van der Waals surface area contributed by atoms with Crippen LogP contribution in [0.1, 0.15) is 16.1 Å². The van der Waals surface area contributed by atoms with Gasteiger partial charge in [0.05, 0.1) is 41.8 Å². The molecule has 2 heterocycles. The van der Waals surface area contributed by atoms with Crippen LogP contribution in [-0.2, 0) is 11.3 Å². The number of morpholine rings is 1. The van der Waals surface area contributed by atoms with Gasteiger partial charge in [-0.1, -0.05) is 17.7 Å². The number of methoxy groups -OCH3 is 1. The number of nitrogens with two attached hydrogens (primary N) is 1. The number of ether oxygens (including phenoxy) is 2. The van der Waals surface area contributed by atoms with Gasteiger partial charge in [-0.25, -0.2) is 0 Å². The second kappa shape index (κ2) is 9.03. The summed E-state index contributed by atoms with van der Waals surface area (Å²) in [6.07, 6.45) is 1.69. The van der Waals surface area contributed by atoms with Crippen molar-refractivity contribution in [1.82, 2.24) is 15.2 Å². The average Bonchev–Trinajstić information content (AvgIpc) is 2.69. The van der Waals surface area contributed by atoms with Crippen molar-refractivity contribution >= 4 is 23.2 Å². The lowest BCUT2D eigenvalue weighted by Crippen LogP contribution is -2.47. The Hall–Kier alpha value is -2.35. The summed E-state index contributed by atoms with van der Waals surface area (Å²) in [4.78, 5) is 19.2. The Kier molecular flexibility index (Phi) is 6.49. The summed E-state index contributed by atoms with van der Waals surface area (Å²) in [5.41, 5.74) is 7.49. The van der Waals surface area contributed by atoms with Crippen LogP contribution in [0, 0.1) is 0 Å². The molecule has 3 rings (SSSR count). The zero-order valence-corrected chi connectivity index (χ0v) is 15.9. The van der Waals surface area contributed by atoms with Gasteiger partial charge >= 0.3 is 0 Å². The number of hydrogen-bond donors (Lipinski definition) is 2. The third-order valence-corrected chi connectivity index (χ3v) is 4.72. The number of halogens is 1. The summed E-state index contributed by atoms with van der Waals surface area (Å²) in [6.45, 7) is 3.32. The summed E-state index contributed by atoms with van der Waals surface area (Å²) in [5, 5.41) is 3.20. The van der Waals surface area contributed by atoms with Gasteiger partial charge in [0.15, 0.2) is 0 Å². The molecule has 0 spiro atoms. The number of rotatable bonds is 6. The maximum absolute atomic E-state index is 12.5. The van der Waals surface area contributed by atoms with Gasteiger partial charge in [0.1, 0.15) is 5.75 Å². The number of carbonyl (C=O) groups excluding carboxylic acids is 1. The molecule has 1 aromatic carbocycles. The molecule has 1 fully saturated rings. The largest absolute Gasteiger partial charge is 0.496 e. The number of anilines is 1. The molecule has 1 aliphatic heterocycles. The average molecular weight is 391 g/mol. The fourth-order valence-corrected chi connectivity index (χ4v) is 3.15. The van der Waals surface area contributed by atoms with Gasteiger partial charge in [0.25, 0.3) is 5.91 Å². The Morgan fingerprint density at radius 2 is 2.33 bits per heavy atom. The smallest absolute Gasteiger partial charge is 0.255 e. The molecule has 1 amide bonds. The van der Waals surface area contributed by atoms with E-state index in [0.717, 1.165) is 25.3 Å². The number of pyridine rings is 1. The highest BCUT2D eigenvalue weighted by atomic mass is 35.5. The van der Waals surface area contributed by atoms with Crippen molar-refractivity contribution in [3.8, 4) is 5.75 Å². The normalized spacial score (nSPS) is 17.5. The van der Waals surface area contributed by atoms with Crippen molar-refractivity contribution in [2.24, 2.45) is 0 Å². The van der Waals surface area contributed by atoms with E-state index in [9.17, 15) is 4.79 Å². The predicted octanol–water partition coefficient (Wildman–Crippen LogP) is 1.96. The number of hydrogen-bond acceptors (Lipinski definition) is 6. The van der Waals surface area contributed by atoms with Gasteiger partial charge in [-0.3, -0.25) is 14.7 Å². The molecule has 1 saturated heterocycles. The molecule has 7 nitrogen and oxygen atoms in total. The first-order valence-electron chi connectivity index (χ1n) is 8.72. The molecule has 144 valence electrons. The summed E-state index contributed by atoms with van der Waals surface area (Å²) < 4.78 is 11.0. The van der Waals surface area contributed by atoms with E-state index in [-0.39, 0.29) is 12.0 Å². The van der Waals surface area contributed by atoms with Crippen molar-refractivity contribution in [3.63, 3.8) is 0 Å². The third-order valence-electron chi connectivity index (χ3n) is 4.39. The van der Waals surface area contributed by atoms with Crippen LogP contribution < -0.4 is 15.8 Å². The van der Waals surface area contributed by atoms with Crippen LogP contribution in [0.3, 0.4) is 0 Å². The van der Waals surface area contributed by atoms with Crippen LogP contribution in [0.25, 0.3) is 0 Å². The number of carbonyl (C=O) groups is 1. The lowest BCUT2D eigenvalue weighted by atomic mass is 10.1. The van der Waals surface area contributed by atoms with E-state index in [2.05, 4.69) is 15.2 Å². The quantitative estimate of drug-likeness (QED) is 0.733. The number of amides is 1. The first-order chi connectivity index (χ1) is 13.1. The first kappa shape index (κ1) is 19.4. The topological polar surface area (TPSA) is 89.7 Å². The maximum atomic E-state index is 12.5. The molecular weight excluding hydrogens is 368 g/mol. The van der Waals surface area contributed by atoms with Gasteiger partial charge in [0, 0.05) is 38.4 Å². The number of nitrogens with one attached hydrogen (secondary N) is 1. The second-order valence-corrected chi connectivity index (χ2v) is 6.74. The van der Waals surface area contributed by atoms with Gasteiger partial charge in [-0.15, -0.1) is 0 Å². The molecule has 8 heteroatoms. The zero-order valence-electron chi connectivity index (χ0n) is 15.2. The van der Waals surface area contributed by atoms with Crippen LogP contribution in [0.4, 0.5) is 5.69 Å². The molecule has 0 radical (unpaired) electrons. The fourth-order valence-electron chi connectivity index (χ4n) is 2.99. The number of nitrogens with zero attached hydrogens (tertiary/aromatic N) is 2. The van der Waals surface area contributed by atoms with Crippen molar-refractivity contribution in [1.29, 1.82) is 0 Å². The van der Waals surface area contributed by atoms with E-state index in [1.54, 1.807) is 12.3 Å². The summed E-state index contributed by atoms with van der Waals surface area (Å²) in [7, 11) is 1.49. The molecular formula is C19H23ClN4O3. The lowest BCUT2D eigenvalue weighted by Gasteiger charge is -2.32. The Labute approximate surface area is 163 Å². The molecule has 2 aromatic rings. The third kappa shape index (κ3) is 5.09. The number of benzene rings is 1. The lowest BCUT2D eigenvalue weighted by molar-refractivity contribution is -0.0296. The fraction of sp³-hybridized carbons (Fsp3) is 0.368. The molecule has 1 atom stereocenters. The van der Waals surface area contributed by atoms with E-state index in [1.807, 2.05) is 18.2 Å². The zero-order chi connectivity index (χ0) is 19.2. The highest BCUT2D eigenvalue weighted by molar-refractivity contribution is 6.33. The minimum Gasteiger partial charge on any atom is -0.496 e. The molecule has 3 N–H and O–H groups in total. The van der Waals surface area contributed by atoms with E-state index in [0.29, 0.717) is 35.2 Å². The summed E-state index contributed by atoms with van der Waals surface area (Å²) >= 11 is 6.03. The highest BCUT2D eigenvalue weighted by Gasteiger charge is 2.22. The van der Waals surface area contributed by atoms with Crippen LogP contribution >= 0.6 is 11.6 Å². The van der Waals surface area contributed by atoms with Gasteiger partial charge in [-0.2, -0.15) is 0 Å². The van der Waals surface area contributed by atoms with Crippen molar-refractivity contribution in [2.75, 3.05) is 39.1 Å². The summed E-state index contributed by atoms with van der Waals surface area (Å²) in [5.74, 6) is 0.106. The molecule has 1 unspecified atom stereocenters. The van der Waals surface area contributed by atoms with Gasteiger partial charge in [-0.05, 0) is 18.2 Å². The second-order valence-electron chi connectivity index (χ2n) is 6.33. The van der Waals surface area contributed by atoms with Gasteiger partial charge < -0.3 is 20.5 Å². The molecule has 27 heavy (non-hydrogen) atoms. The molecule has 0 bridgehead atoms. The van der Waals surface area contributed by atoms with E-state index >= 15 is 0 Å². The maximum Gasteiger partial charge on any atom is 0.255 e. The first-order valence-corrected chi connectivity index (χ1v) is 9.09. The molecule has 1 aliphatic rings. The van der Waals surface area contributed by atoms with E-state index in [4.69, 9.17) is 26.8 Å². The Balaban J connectivity index is 1.56. The Morgan fingerprint density at radius 1 is 1.48 bits per heavy atom. The van der Waals surface area contributed by atoms with Gasteiger partial charge in [0.2, 0.25) is 0 Å². The SMILES string of the molecule is COc1cc(N)c(Cl)cc1C(=O)NCC1CN(Cc2ccccn2)CCO1. The number of aromatic nitrogens is 1. The van der Waals surface area contributed by atoms with Crippen molar-refractivity contribution in [3.05, 3.63) is 52.8 Å². The van der Waals surface area contributed by atoms with Crippen LogP contribution in [0.15, 0.2) is 36.5 Å². The monoisotopic (exact) mass is 390 g/mol. The number of nitrogen functional groups attached to an aromatic ring is 1. The predicted molar refractivity (Wildman–Crippen MR) is 104 cm³/mol. The van der Waals surface area contributed by atoms with Crippen LogP contribution in [-0.4, -0.2) is 55.2 Å². The Bertz CT molecular complexity index is 788. The minimum absolute atomic E-state index is 0.0957. The van der Waals surface area contributed by atoms with Crippen LogP contribution in [0.2, 0.25) is 5.02 Å². The molecule has 0 aliphatic carbocycles. The standard InChI is InChI=1S/C19H23ClN4O3/c1-26-18-9-17(21)16(20)8-15(18)19(25)23-10-14-12-24(6-7-27-14)11-13-4-2-3-5-22-13/h2-5,8-9,14H,6-7,10-12,21H2,1H3,(H,23,25). The minimum atomic E-state index is -0.279. The Morgan fingerprint density at radius 3 is 3.07 bits per heavy atom. The molecule has 1 aromatic heterocycles. The van der Waals surface area contributed by atoms with Crippen LogP contribution in [0.5, 0.6) is 5.75 Å².